The second-order valence-electron chi connectivity index (χ2n) is 27.3. The van der Waals surface area contributed by atoms with Crippen molar-refractivity contribution in [3.05, 3.63) is 338 Å². The minimum Gasteiger partial charge on any atom is -0.309 e. The van der Waals surface area contributed by atoms with Crippen LogP contribution in [0.1, 0.15) is 16.7 Å². The molecule has 21 rings (SSSR count). The van der Waals surface area contributed by atoms with Gasteiger partial charge < -0.3 is 27.4 Å². The Kier molecular flexibility index (Phi) is 13.0. The average molecular weight is 1380 g/mol. The molecule has 21 aromatic rings. The van der Waals surface area contributed by atoms with Crippen LogP contribution in [0.25, 0.3) is 187 Å². The van der Waals surface area contributed by atoms with Crippen LogP contribution >= 0.6 is 0 Å². The maximum absolute atomic E-state index is 15.6. The van der Waals surface area contributed by atoms with Crippen molar-refractivity contribution in [1.29, 1.82) is 5.26 Å². The van der Waals surface area contributed by atoms with Crippen LogP contribution in [0.15, 0.2) is 322 Å². The van der Waals surface area contributed by atoms with E-state index in [1.807, 2.05) is 60.7 Å². The second kappa shape index (κ2) is 22.6. The fourth-order valence-electron chi connectivity index (χ4n) is 17.2. The van der Waals surface area contributed by atoms with Crippen LogP contribution in [0.2, 0.25) is 0 Å². The quantitative estimate of drug-likeness (QED) is 0.140. The molecule has 106 heavy (non-hydrogen) atoms. The molecule has 0 fully saturated rings. The summed E-state index contributed by atoms with van der Waals surface area (Å²) in [5, 5.41) is 24.0. The van der Waals surface area contributed by atoms with E-state index in [2.05, 4.69) is 252 Å². The summed E-state index contributed by atoms with van der Waals surface area (Å²) in [6.07, 6.45) is -10.3. The number of fused-ring (bicyclic) bond motifs is 18. The van der Waals surface area contributed by atoms with Gasteiger partial charge in [0.1, 0.15) is 0 Å². The van der Waals surface area contributed by atoms with Crippen molar-refractivity contribution < 1.29 is 26.3 Å². The van der Waals surface area contributed by atoms with Crippen LogP contribution in [-0.2, 0) is 12.4 Å². The van der Waals surface area contributed by atoms with Crippen molar-refractivity contribution in [2.24, 2.45) is 0 Å². The lowest BCUT2D eigenvalue weighted by Crippen LogP contribution is -2.12. The van der Waals surface area contributed by atoms with Gasteiger partial charge in [-0.3, -0.25) is 0 Å². The van der Waals surface area contributed by atoms with Crippen LogP contribution in [0.5, 0.6) is 0 Å². The highest BCUT2D eigenvalue weighted by Gasteiger charge is 2.39. The zero-order valence-electron chi connectivity index (χ0n) is 56.0. The van der Waals surface area contributed by atoms with Gasteiger partial charge in [0.25, 0.3) is 0 Å². The van der Waals surface area contributed by atoms with Gasteiger partial charge in [0.15, 0.2) is 0 Å². The maximum Gasteiger partial charge on any atom is 0.417 e. The largest absolute Gasteiger partial charge is 0.417 e. The minimum atomic E-state index is -5.21. The van der Waals surface area contributed by atoms with Crippen LogP contribution < -0.4 is 0 Å². The standard InChI is InChI=1S/C93H53F6N7/c94-92(95,96)57-35-41-63(78(48-57)93(97,98)99)55-34-42-89(106-90-45-39-61(103-83-29-13-5-21-68(83)69-22-6-14-30-84(69)103)52-76(90)77-53-62(40-46-91(77)106)104-85-31-15-7-23-70(85)71-24-8-16-32-86(71)104)73(47-55)72-49-58(36-33-56(72)54-100)105-87-43-37-59(101-79-25-9-1-17-64(79)65-18-2-10-26-80(65)101)50-74(87)75-51-60(38-44-88(75)105)102-81-27-11-3-19-66(81)67-20-4-12-28-82(67)102/h1-53H. The molecular weight excluding hydrogens is 1330 g/mol. The summed E-state index contributed by atoms with van der Waals surface area (Å²) in [4.78, 5) is 0. The van der Waals surface area contributed by atoms with Gasteiger partial charge in [-0.2, -0.15) is 31.6 Å². The van der Waals surface area contributed by atoms with Crippen LogP contribution in [0.4, 0.5) is 26.3 Å². The monoisotopic (exact) mass is 1380 g/mol. The highest BCUT2D eigenvalue weighted by molar-refractivity contribution is 6.17. The molecule has 0 radical (unpaired) electrons. The zero-order valence-corrected chi connectivity index (χ0v) is 56.0. The summed E-state index contributed by atoms with van der Waals surface area (Å²) in [6.45, 7) is 0. The fraction of sp³-hybridized carbons (Fsp3) is 0.0215. The van der Waals surface area contributed by atoms with Gasteiger partial charge in [-0.15, -0.1) is 0 Å². The predicted octanol–water partition coefficient (Wildman–Crippen LogP) is 25.5. The molecule has 0 aliphatic heterocycles. The van der Waals surface area contributed by atoms with Gasteiger partial charge in [-0.25, -0.2) is 0 Å². The van der Waals surface area contributed by atoms with Gasteiger partial charge in [-0.1, -0.05) is 158 Å². The highest BCUT2D eigenvalue weighted by Crippen LogP contribution is 2.48. The van der Waals surface area contributed by atoms with Crippen LogP contribution in [0.3, 0.4) is 0 Å². The number of para-hydroxylation sites is 8. The number of hydrogen-bond donors (Lipinski definition) is 0. The summed E-state index contributed by atoms with van der Waals surface area (Å²) < 4.78 is 104. The number of hydrogen-bond acceptors (Lipinski definition) is 1. The molecule has 0 N–H and O–H groups in total. The Morgan fingerprint density at radius 3 is 0.830 bits per heavy atom. The summed E-state index contributed by atoms with van der Waals surface area (Å²) >= 11 is 0. The molecule has 0 unspecified atom stereocenters. The maximum atomic E-state index is 15.6. The third-order valence-corrected chi connectivity index (χ3v) is 21.7. The number of rotatable bonds is 8. The molecule has 0 saturated heterocycles. The lowest BCUT2D eigenvalue weighted by molar-refractivity contribution is -0.142. The van der Waals surface area contributed by atoms with Crippen LogP contribution in [-0.4, -0.2) is 27.4 Å². The molecule has 13 heteroatoms. The molecule has 0 spiro atoms. The van der Waals surface area contributed by atoms with Gasteiger partial charge in [0, 0.05) is 104 Å². The molecule has 0 aliphatic rings. The Labute approximate surface area is 599 Å². The molecular formula is C93H53F6N7. The van der Waals surface area contributed by atoms with Crippen molar-refractivity contribution in [1.82, 2.24) is 27.4 Å². The van der Waals surface area contributed by atoms with E-state index in [-0.39, 0.29) is 17.2 Å². The van der Waals surface area contributed by atoms with E-state index in [1.165, 1.54) is 0 Å². The van der Waals surface area contributed by atoms with Gasteiger partial charge in [0.05, 0.1) is 94.6 Å². The first-order chi connectivity index (χ1) is 51.8. The molecule has 15 aromatic carbocycles. The van der Waals surface area contributed by atoms with Gasteiger partial charge in [-0.05, 0) is 175 Å². The third kappa shape index (κ3) is 8.94. The fourth-order valence-corrected chi connectivity index (χ4v) is 17.2. The predicted molar refractivity (Wildman–Crippen MR) is 418 cm³/mol. The van der Waals surface area contributed by atoms with E-state index in [9.17, 15) is 18.4 Å². The summed E-state index contributed by atoms with van der Waals surface area (Å²) in [5.41, 5.74) is 13.7. The lowest BCUT2D eigenvalue weighted by atomic mass is 9.91. The average Bonchev–Trinajstić information content (AvgIpc) is 1.54. The van der Waals surface area contributed by atoms with E-state index in [1.54, 1.807) is 24.3 Å². The zero-order chi connectivity index (χ0) is 71.0. The Bertz CT molecular complexity index is 6850. The van der Waals surface area contributed by atoms with Crippen molar-refractivity contribution in [2.75, 3.05) is 0 Å². The molecule has 0 atom stereocenters. The lowest BCUT2D eigenvalue weighted by Gasteiger charge is -2.20. The summed E-state index contributed by atoms with van der Waals surface area (Å²) in [7, 11) is 0. The molecule has 502 valence electrons. The van der Waals surface area contributed by atoms with E-state index in [0.717, 1.165) is 160 Å². The Hall–Kier alpha value is -13.8. The number of halogens is 6. The Morgan fingerprint density at radius 2 is 0.519 bits per heavy atom. The number of aromatic nitrogens is 6. The summed E-state index contributed by atoms with van der Waals surface area (Å²) in [5.74, 6) is 0. The van der Waals surface area contributed by atoms with E-state index >= 15 is 13.2 Å². The smallest absolute Gasteiger partial charge is 0.309 e. The first kappa shape index (κ1) is 60.9. The topological polar surface area (TPSA) is 53.4 Å². The Balaban J connectivity index is 0.842. The Morgan fingerprint density at radius 1 is 0.226 bits per heavy atom. The number of nitriles is 1. The van der Waals surface area contributed by atoms with Crippen molar-refractivity contribution in [2.45, 2.75) is 12.4 Å². The van der Waals surface area contributed by atoms with E-state index < -0.39 is 29.0 Å². The van der Waals surface area contributed by atoms with E-state index in [4.69, 9.17) is 0 Å². The third-order valence-electron chi connectivity index (χ3n) is 21.7. The van der Waals surface area contributed by atoms with Gasteiger partial charge >= 0.3 is 12.4 Å². The minimum absolute atomic E-state index is 0.01000. The van der Waals surface area contributed by atoms with Crippen molar-refractivity contribution >= 4 is 131 Å². The molecule has 0 saturated carbocycles. The van der Waals surface area contributed by atoms with Gasteiger partial charge in [0.2, 0.25) is 0 Å². The van der Waals surface area contributed by atoms with Crippen molar-refractivity contribution in [3.63, 3.8) is 0 Å². The second-order valence-corrected chi connectivity index (χ2v) is 27.3. The number of benzene rings is 15. The highest BCUT2D eigenvalue weighted by atomic mass is 19.4. The first-order valence-corrected chi connectivity index (χ1v) is 34.9. The van der Waals surface area contributed by atoms with Crippen molar-refractivity contribution in [3.8, 4) is 62.4 Å². The number of nitrogens with zero attached hydrogens (tertiary/aromatic N) is 7. The summed E-state index contributed by atoms with van der Waals surface area (Å²) in [6, 6.07) is 107. The molecule has 0 bridgehead atoms. The molecule has 6 aromatic heterocycles. The molecule has 0 aliphatic carbocycles. The molecule has 7 nitrogen and oxygen atoms in total. The SMILES string of the molecule is N#Cc1ccc(-n2c3ccc(-n4c5ccccc5c5ccccc54)cc3c3cc(-n4c5ccccc5c5ccccc54)ccc32)cc1-c1cc(-c2ccc(C(F)(F)F)cc2C(F)(F)F)ccc1-n1c2ccc(-n3c4ccccc4c4ccccc43)cc2c2cc(-n3c4ccccc4c4ccccc43)ccc21. The van der Waals surface area contributed by atoms with Crippen LogP contribution in [0, 0.1) is 11.3 Å². The molecule has 0 amide bonds. The number of alkyl halides is 6. The first-order valence-electron chi connectivity index (χ1n) is 34.9. The van der Waals surface area contributed by atoms with E-state index in [0.29, 0.717) is 28.6 Å². The molecule has 6 heterocycles. The normalized spacial score (nSPS) is 12.4.